The Morgan fingerprint density at radius 3 is 3.00 bits per heavy atom. The van der Waals surface area contributed by atoms with Crippen LogP contribution in [-0.4, -0.2) is 22.6 Å². The highest BCUT2D eigenvalue weighted by molar-refractivity contribution is 7.15. The van der Waals surface area contributed by atoms with Crippen LogP contribution in [0.3, 0.4) is 0 Å². The standard InChI is InChI=1S/C17H17N3O3S/c1-11(12-2-3-14-15(8-12)23-6-5-22-14)18-10-13-9-16(21)20-4-7-24-17(20)19-13/h2-4,7-9,11,18H,5-6,10H2,1H3/p+1/t11-/m1/s1. The molecular formula is C17H18N3O3S+. The lowest BCUT2D eigenvalue weighted by molar-refractivity contribution is -0.708. The second-order valence-electron chi connectivity index (χ2n) is 5.77. The van der Waals surface area contributed by atoms with Crippen molar-refractivity contribution in [3.63, 3.8) is 0 Å². The number of nitrogens with zero attached hydrogens (tertiary/aromatic N) is 2. The first kappa shape index (κ1) is 15.2. The molecule has 124 valence electrons. The smallest absolute Gasteiger partial charge is 0.258 e. The van der Waals surface area contributed by atoms with Crippen molar-refractivity contribution in [1.29, 1.82) is 0 Å². The van der Waals surface area contributed by atoms with Crippen molar-refractivity contribution in [2.24, 2.45) is 0 Å². The molecule has 3 aromatic rings. The molecule has 0 amide bonds. The molecule has 1 atom stereocenters. The Morgan fingerprint density at radius 2 is 2.12 bits per heavy atom. The van der Waals surface area contributed by atoms with Crippen molar-refractivity contribution in [2.45, 2.75) is 19.5 Å². The third kappa shape index (κ3) is 2.88. The summed E-state index contributed by atoms with van der Waals surface area (Å²) >= 11 is 1.47. The van der Waals surface area contributed by atoms with Crippen LogP contribution < -0.4 is 20.3 Å². The Kier molecular flexibility index (Phi) is 3.95. The largest absolute Gasteiger partial charge is 0.486 e. The van der Waals surface area contributed by atoms with Crippen LogP contribution in [-0.2, 0) is 6.54 Å². The van der Waals surface area contributed by atoms with Gasteiger partial charge in [0.05, 0.1) is 0 Å². The fraction of sp³-hybridized carbons (Fsp3) is 0.294. The summed E-state index contributed by atoms with van der Waals surface area (Å²) in [4.78, 5) is 17.3. The fourth-order valence-corrected chi connectivity index (χ4v) is 3.51. The molecule has 0 radical (unpaired) electrons. The molecule has 0 fully saturated rings. The van der Waals surface area contributed by atoms with Crippen LogP contribution in [0.4, 0.5) is 0 Å². The number of hydrogen-bond donors (Lipinski definition) is 1. The molecule has 7 heteroatoms. The van der Waals surface area contributed by atoms with Gasteiger partial charge in [0.15, 0.2) is 16.5 Å². The number of quaternary nitrogens is 1. The van der Waals surface area contributed by atoms with E-state index in [0.717, 1.165) is 27.7 Å². The first-order chi connectivity index (χ1) is 11.7. The minimum Gasteiger partial charge on any atom is -0.486 e. The highest BCUT2D eigenvalue weighted by Gasteiger charge is 2.16. The van der Waals surface area contributed by atoms with Crippen molar-refractivity contribution in [2.75, 3.05) is 13.2 Å². The van der Waals surface area contributed by atoms with Gasteiger partial charge in [-0.25, -0.2) is 4.98 Å². The van der Waals surface area contributed by atoms with Gasteiger partial charge in [0, 0.05) is 23.2 Å². The molecule has 4 rings (SSSR count). The van der Waals surface area contributed by atoms with Crippen LogP contribution in [0.5, 0.6) is 11.5 Å². The number of nitrogens with two attached hydrogens (primary N) is 1. The molecule has 0 aliphatic carbocycles. The van der Waals surface area contributed by atoms with Crippen LogP contribution in [0.1, 0.15) is 24.2 Å². The zero-order valence-electron chi connectivity index (χ0n) is 13.3. The maximum Gasteiger partial charge on any atom is 0.258 e. The van der Waals surface area contributed by atoms with Crippen molar-refractivity contribution in [3.05, 3.63) is 57.5 Å². The number of ether oxygens (including phenoxy) is 2. The van der Waals surface area contributed by atoms with E-state index in [0.29, 0.717) is 19.8 Å². The SMILES string of the molecule is C[C@@H]([NH2+]Cc1cc(=O)n2ccsc2n1)c1ccc2c(c1)OCCO2. The predicted octanol–water partition coefficient (Wildman–Crippen LogP) is 1.35. The van der Waals surface area contributed by atoms with Crippen LogP contribution in [0, 0.1) is 0 Å². The summed E-state index contributed by atoms with van der Waals surface area (Å²) < 4.78 is 12.8. The topological polar surface area (TPSA) is 69.4 Å². The zero-order chi connectivity index (χ0) is 16.5. The van der Waals surface area contributed by atoms with Gasteiger partial charge in [-0.15, -0.1) is 11.3 Å². The lowest BCUT2D eigenvalue weighted by Crippen LogP contribution is -2.83. The van der Waals surface area contributed by atoms with E-state index in [1.54, 1.807) is 16.7 Å². The van der Waals surface area contributed by atoms with Gasteiger partial charge in [-0.05, 0) is 25.1 Å². The van der Waals surface area contributed by atoms with Crippen LogP contribution in [0.25, 0.3) is 4.96 Å². The number of fused-ring (bicyclic) bond motifs is 2. The molecule has 0 saturated heterocycles. The van der Waals surface area contributed by atoms with Crippen LogP contribution in [0.15, 0.2) is 40.6 Å². The monoisotopic (exact) mass is 344 g/mol. The molecule has 1 aliphatic rings. The van der Waals surface area contributed by atoms with Gasteiger partial charge >= 0.3 is 0 Å². The van der Waals surface area contributed by atoms with E-state index in [1.807, 2.05) is 17.5 Å². The highest BCUT2D eigenvalue weighted by Crippen LogP contribution is 2.31. The highest BCUT2D eigenvalue weighted by atomic mass is 32.1. The summed E-state index contributed by atoms with van der Waals surface area (Å²) in [6.45, 7) is 3.96. The van der Waals surface area contributed by atoms with E-state index in [2.05, 4.69) is 23.3 Å². The molecular weight excluding hydrogens is 326 g/mol. The van der Waals surface area contributed by atoms with E-state index in [4.69, 9.17) is 9.47 Å². The molecule has 1 aliphatic heterocycles. The van der Waals surface area contributed by atoms with E-state index < -0.39 is 0 Å². The molecule has 2 N–H and O–H groups in total. The maximum atomic E-state index is 12.0. The molecule has 0 spiro atoms. The van der Waals surface area contributed by atoms with Gasteiger partial charge in [0.2, 0.25) is 0 Å². The molecule has 24 heavy (non-hydrogen) atoms. The van der Waals surface area contributed by atoms with Gasteiger partial charge in [0.25, 0.3) is 5.56 Å². The molecule has 6 nitrogen and oxygen atoms in total. The lowest BCUT2D eigenvalue weighted by Gasteiger charge is -2.20. The Hall–Kier alpha value is -2.38. The van der Waals surface area contributed by atoms with Gasteiger partial charge in [-0.1, -0.05) is 0 Å². The molecule has 2 aromatic heterocycles. The second-order valence-corrected chi connectivity index (χ2v) is 6.65. The van der Waals surface area contributed by atoms with Crippen molar-refractivity contribution in [3.8, 4) is 11.5 Å². The van der Waals surface area contributed by atoms with Crippen molar-refractivity contribution >= 4 is 16.3 Å². The average Bonchev–Trinajstić information content (AvgIpc) is 3.08. The second kappa shape index (κ2) is 6.26. The van der Waals surface area contributed by atoms with Crippen molar-refractivity contribution in [1.82, 2.24) is 9.38 Å². The number of aromatic nitrogens is 2. The number of rotatable bonds is 4. The van der Waals surface area contributed by atoms with E-state index in [1.165, 1.54) is 11.3 Å². The lowest BCUT2D eigenvalue weighted by atomic mass is 10.1. The zero-order valence-corrected chi connectivity index (χ0v) is 14.1. The van der Waals surface area contributed by atoms with Gasteiger partial charge in [-0.3, -0.25) is 9.20 Å². The van der Waals surface area contributed by atoms with Crippen LogP contribution in [0.2, 0.25) is 0 Å². The summed E-state index contributed by atoms with van der Waals surface area (Å²) in [6, 6.07) is 7.87. The van der Waals surface area contributed by atoms with E-state index >= 15 is 0 Å². The minimum absolute atomic E-state index is 0.0309. The summed E-state index contributed by atoms with van der Waals surface area (Å²) in [5.41, 5.74) is 1.93. The first-order valence-electron chi connectivity index (χ1n) is 7.89. The summed E-state index contributed by atoms with van der Waals surface area (Å²) in [5.74, 6) is 1.60. The maximum absolute atomic E-state index is 12.0. The Balaban J connectivity index is 1.49. The third-order valence-corrected chi connectivity index (χ3v) is 4.89. The Morgan fingerprint density at radius 1 is 1.29 bits per heavy atom. The van der Waals surface area contributed by atoms with Gasteiger partial charge in [-0.2, -0.15) is 0 Å². The number of thiazole rings is 1. The Labute approximate surface area is 142 Å². The van der Waals surface area contributed by atoms with Gasteiger partial charge in [0.1, 0.15) is 31.5 Å². The summed E-state index contributed by atoms with van der Waals surface area (Å²) in [7, 11) is 0. The fourth-order valence-electron chi connectivity index (χ4n) is 2.77. The Bertz CT molecular complexity index is 934. The van der Waals surface area contributed by atoms with Gasteiger partial charge < -0.3 is 14.8 Å². The molecule has 0 bridgehead atoms. The van der Waals surface area contributed by atoms with E-state index in [9.17, 15) is 4.79 Å². The molecule has 0 unspecified atom stereocenters. The number of benzene rings is 1. The normalized spacial score (nSPS) is 14.7. The molecule has 1 aromatic carbocycles. The summed E-state index contributed by atoms with van der Waals surface area (Å²) in [6.07, 6.45) is 1.75. The molecule has 0 saturated carbocycles. The quantitative estimate of drug-likeness (QED) is 0.776. The number of hydrogen-bond acceptors (Lipinski definition) is 5. The minimum atomic E-state index is -0.0309. The predicted molar refractivity (Wildman–Crippen MR) is 90.8 cm³/mol. The van der Waals surface area contributed by atoms with Crippen molar-refractivity contribution < 1.29 is 14.8 Å². The van der Waals surface area contributed by atoms with E-state index in [-0.39, 0.29) is 11.6 Å². The first-order valence-corrected chi connectivity index (χ1v) is 8.77. The average molecular weight is 344 g/mol. The van der Waals surface area contributed by atoms with Crippen LogP contribution >= 0.6 is 11.3 Å². The molecule has 3 heterocycles. The summed E-state index contributed by atoms with van der Waals surface area (Å²) in [5, 5.41) is 4.03. The third-order valence-electron chi connectivity index (χ3n) is 4.13.